The highest BCUT2D eigenvalue weighted by Gasteiger charge is 2.33. The van der Waals surface area contributed by atoms with Crippen molar-refractivity contribution in [2.75, 3.05) is 13.1 Å². The third-order valence-corrected chi connectivity index (χ3v) is 6.87. The number of benzene rings is 1. The molecule has 0 saturated carbocycles. The van der Waals surface area contributed by atoms with Crippen LogP contribution in [0.5, 0.6) is 0 Å². The van der Waals surface area contributed by atoms with E-state index in [1.165, 1.54) is 22.0 Å². The van der Waals surface area contributed by atoms with Crippen LogP contribution < -0.4 is 5.32 Å². The van der Waals surface area contributed by atoms with Crippen LogP contribution in [0.3, 0.4) is 0 Å². The molecule has 2 aliphatic rings. The van der Waals surface area contributed by atoms with E-state index in [0.29, 0.717) is 5.92 Å². The number of aryl methyl sites for hydroxylation is 1. The second kappa shape index (κ2) is 8.15. The van der Waals surface area contributed by atoms with Gasteiger partial charge in [0.2, 0.25) is 5.91 Å². The predicted molar refractivity (Wildman–Crippen MR) is 123 cm³/mol. The molecule has 4 heterocycles. The van der Waals surface area contributed by atoms with Gasteiger partial charge >= 0.3 is 0 Å². The van der Waals surface area contributed by atoms with Crippen LogP contribution in [0.15, 0.2) is 36.8 Å². The first kappa shape index (κ1) is 20.3. The molecule has 3 aromatic rings. The Balaban J connectivity index is 1.57. The molecule has 164 valence electrons. The molecule has 6 heteroatoms. The van der Waals surface area contributed by atoms with E-state index >= 15 is 0 Å². The smallest absolute Gasteiger partial charge is 0.240 e. The molecule has 5 rings (SSSR count). The van der Waals surface area contributed by atoms with Gasteiger partial charge in [0.25, 0.3) is 0 Å². The largest absolute Gasteiger partial charge is 0.341 e. The van der Waals surface area contributed by atoms with Crippen LogP contribution in [0.4, 0.5) is 0 Å². The zero-order valence-electron chi connectivity index (χ0n) is 18.8. The number of hydrogen-bond donors (Lipinski definition) is 1. The number of carbonyl (C=O) groups excluding carboxylic acids is 1. The highest BCUT2D eigenvalue weighted by molar-refractivity contribution is 5.90. The average molecular weight is 420 g/mol. The van der Waals surface area contributed by atoms with Crippen LogP contribution in [-0.4, -0.2) is 44.1 Å². The van der Waals surface area contributed by atoms with Crippen LogP contribution in [0.2, 0.25) is 0 Å². The van der Waals surface area contributed by atoms with Crippen molar-refractivity contribution >= 4 is 16.8 Å². The van der Waals surface area contributed by atoms with Crippen LogP contribution in [0.1, 0.15) is 56.1 Å². The minimum absolute atomic E-state index is 0.165. The molecule has 1 aromatic carbocycles. The van der Waals surface area contributed by atoms with E-state index in [0.717, 1.165) is 51.1 Å². The summed E-state index contributed by atoms with van der Waals surface area (Å²) in [5.74, 6) is 1.85. The fraction of sp³-hybridized carbons (Fsp3) is 0.520. The van der Waals surface area contributed by atoms with Crippen molar-refractivity contribution in [3.8, 4) is 0 Å². The SMILES string of the molecule is CC(C)CC1NC(C(=O)N2CCCC2)Cc2cn(Cc3nccn3C)c3cccc1c23. The first-order chi connectivity index (χ1) is 15.0. The Bertz CT molecular complexity index is 1090. The van der Waals surface area contributed by atoms with E-state index in [1.807, 2.05) is 19.4 Å². The number of nitrogens with zero attached hydrogens (tertiary/aromatic N) is 4. The van der Waals surface area contributed by atoms with Gasteiger partial charge in [0.05, 0.1) is 12.6 Å². The molecule has 2 unspecified atom stereocenters. The molecule has 1 amide bonds. The lowest BCUT2D eigenvalue weighted by Gasteiger charge is -2.28. The molecule has 0 spiro atoms. The third kappa shape index (κ3) is 3.78. The van der Waals surface area contributed by atoms with E-state index in [1.54, 1.807) is 0 Å². The molecule has 6 nitrogen and oxygen atoms in total. The molecule has 1 N–H and O–H groups in total. The average Bonchev–Trinajstić information content (AvgIpc) is 3.46. The summed E-state index contributed by atoms with van der Waals surface area (Å²) >= 11 is 0. The fourth-order valence-electron chi connectivity index (χ4n) is 5.34. The van der Waals surface area contributed by atoms with Crippen molar-refractivity contribution in [1.29, 1.82) is 0 Å². The van der Waals surface area contributed by atoms with Gasteiger partial charge in [-0.05, 0) is 48.8 Å². The quantitative estimate of drug-likeness (QED) is 0.687. The van der Waals surface area contributed by atoms with Crippen molar-refractivity contribution in [1.82, 2.24) is 24.3 Å². The molecule has 31 heavy (non-hydrogen) atoms. The van der Waals surface area contributed by atoms with E-state index in [2.05, 4.69) is 62.6 Å². The molecule has 2 aromatic heterocycles. The Kier molecular flexibility index (Phi) is 5.34. The standard InChI is InChI=1S/C25H33N5O/c1-17(2)13-20-19-7-6-8-22-24(19)18(15-30(22)16-23-26-9-12-28(23)3)14-21(27-20)25(31)29-10-4-5-11-29/h6-9,12,15,17,20-21,27H,4-5,10-11,13-14,16H2,1-3H3. The Morgan fingerprint density at radius 2 is 2.06 bits per heavy atom. The second-order valence-corrected chi connectivity index (χ2v) is 9.62. The zero-order valence-corrected chi connectivity index (χ0v) is 18.8. The van der Waals surface area contributed by atoms with Gasteiger partial charge in [0.1, 0.15) is 5.82 Å². The molecular weight excluding hydrogens is 386 g/mol. The summed E-state index contributed by atoms with van der Waals surface area (Å²) in [7, 11) is 2.04. The van der Waals surface area contributed by atoms with Gasteiger partial charge in [-0.1, -0.05) is 26.0 Å². The number of amides is 1. The van der Waals surface area contributed by atoms with E-state index < -0.39 is 0 Å². The molecule has 1 saturated heterocycles. The van der Waals surface area contributed by atoms with Crippen molar-refractivity contribution < 1.29 is 4.79 Å². The van der Waals surface area contributed by atoms with Gasteiger partial charge in [-0.3, -0.25) is 10.1 Å². The number of aromatic nitrogens is 3. The Labute approximate surface area is 184 Å². The number of hydrogen-bond acceptors (Lipinski definition) is 3. The first-order valence-corrected chi connectivity index (χ1v) is 11.6. The number of nitrogens with one attached hydrogen (secondary N) is 1. The van der Waals surface area contributed by atoms with Crippen molar-refractivity contribution in [3.05, 3.63) is 53.7 Å². The van der Waals surface area contributed by atoms with Gasteiger partial charge in [-0.15, -0.1) is 0 Å². The number of likely N-dealkylation sites (tertiary alicyclic amines) is 1. The molecule has 0 aliphatic carbocycles. The van der Waals surface area contributed by atoms with Crippen LogP contribution >= 0.6 is 0 Å². The van der Waals surface area contributed by atoms with Crippen LogP contribution in [0.25, 0.3) is 10.9 Å². The van der Waals surface area contributed by atoms with E-state index in [-0.39, 0.29) is 18.0 Å². The highest BCUT2D eigenvalue weighted by atomic mass is 16.2. The summed E-state index contributed by atoms with van der Waals surface area (Å²) in [6.45, 7) is 7.05. The van der Waals surface area contributed by atoms with Crippen molar-refractivity contribution in [2.45, 2.75) is 58.2 Å². The lowest BCUT2D eigenvalue weighted by Crippen LogP contribution is -2.47. The molecular formula is C25H33N5O. The third-order valence-electron chi connectivity index (χ3n) is 6.87. The van der Waals surface area contributed by atoms with Gasteiger partial charge < -0.3 is 14.0 Å². The summed E-state index contributed by atoms with van der Waals surface area (Å²) in [5.41, 5.74) is 3.84. The minimum Gasteiger partial charge on any atom is -0.341 e. The Morgan fingerprint density at radius 3 is 2.77 bits per heavy atom. The molecule has 2 atom stereocenters. The zero-order chi connectivity index (χ0) is 21.5. The van der Waals surface area contributed by atoms with E-state index in [9.17, 15) is 4.79 Å². The monoisotopic (exact) mass is 419 g/mol. The van der Waals surface area contributed by atoms with E-state index in [4.69, 9.17) is 0 Å². The molecule has 0 bridgehead atoms. The maximum Gasteiger partial charge on any atom is 0.240 e. The fourth-order valence-corrected chi connectivity index (χ4v) is 5.34. The topological polar surface area (TPSA) is 55.1 Å². The van der Waals surface area contributed by atoms with Gasteiger partial charge in [-0.2, -0.15) is 0 Å². The van der Waals surface area contributed by atoms with Crippen LogP contribution in [-0.2, 0) is 24.8 Å². The minimum atomic E-state index is -0.165. The van der Waals surface area contributed by atoms with Gasteiger partial charge in [0, 0.05) is 55.7 Å². The normalized spacial score (nSPS) is 21.2. The Morgan fingerprint density at radius 1 is 1.26 bits per heavy atom. The maximum atomic E-state index is 13.4. The summed E-state index contributed by atoms with van der Waals surface area (Å²) < 4.78 is 4.38. The van der Waals surface area contributed by atoms with Crippen molar-refractivity contribution in [3.63, 3.8) is 0 Å². The van der Waals surface area contributed by atoms with Gasteiger partial charge in [-0.25, -0.2) is 4.98 Å². The lowest BCUT2D eigenvalue weighted by molar-refractivity contribution is -0.132. The summed E-state index contributed by atoms with van der Waals surface area (Å²) in [6.07, 6.45) is 10.1. The summed E-state index contributed by atoms with van der Waals surface area (Å²) in [6, 6.07) is 6.64. The number of carbonyl (C=O) groups is 1. The van der Waals surface area contributed by atoms with Crippen molar-refractivity contribution in [2.24, 2.45) is 13.0 Å². The van der Waals surface area contributed by atoms with Crippen LogP contribution in [0, 0.1) is 5.92 Å². The number of imidazole rings is 1. The summed E-state index contributed by atoms with van der Waals surface area (Å²) in [4.78, 5) is 20.0. The molecule has 0 radical (unpaired) electrons. The molecule has 1 fully saturated rings. The Hall–Kier alpha value is -2.60. The lowest BCUT2D eigenvalue weighted by atomic mass is 9.94. The molecule has 2 aliphatic heterocycles. The maximum absolute atomic E-state index is 13.4. The second-order valence-electron chi connectivity index (χ2n) is 9.62. The summed E-state index contributed by atoms with van der Waals surface area (Å²) in [5, 5.41) is 5.10. The number of rotatable bonds is 5. The first-order valence-electron chi connectivity index (χ1n) is 11.6. The predicted octanol–water partition coefficient (Wildman–Crippen LogP) is 3.65. The highest BCUT2D eigenvalue weighted by Crippen LogP contribution is 2.36. The van der Waals surface area contributed by atoms with Gasteiger partial charge in [0.15, 0.2) is 0 Å².